The van der Waals surface area contributed by atoms with Gasteiger partial charge in [0.05, 0.1) is 18.9 Å². The van der Waals surface area contributed by atoms with Crippen LogP contribution < -0.4 is 10.2 Å². The number of alkyl halides is 2. The Morgan fingerprint density at radius 1 is 1.11 bits per heavy atom. The van der Waals surface area contributed by atoms with Crippen molar-refractivity contribution in [1.82, 2.24) is 15.2 Å². The number of likely N-dealkylation sites (N-methyl/N-ethyl adjacent to an activating group) is 1. The molecule has 194 valence electrons. The summed E-state index contributed by atoms with van der Waals surface area (Å²) < 4.78 is 31.1. The molecule has 4 amide bonds. The fourth-order valence-electron chi connectivity index (χ4n) is 3.46. The van der Waals surface area contributed by atoms with Crippen molar-refractivity contribution in [2.45, 2.75) is 33.6 Å². The molecule has 0 unspecified atom stereocenters. The summed E-state index contributed by atoms with van der Waals surface area (Å²) >= 11 is 0. The van der Waals surface area contributed by atoms with Crippen LogP contribution in [0.1, 0.15) is 36.8 Å². The summed E-state index contributed by atoms with van der Waals surface area (Å²) in [6.07, 6.45) is -0.819. The summed E-state index contributed by atoms with van der Waals surface area (Å²) in [5.41, 5.74) is 1.24. The number of amides is 4. The number of nitrogens with one attached hydrogen (secondary N) is 1. The summed E-state index contributed by atoms with van der Waals surface area (Å²) in [4.78, 5) is 54.7. The Bertz CT molecular complexity index is 1070. The first-order chi connectivity index (χ1) is 17.2. The number of hydrogen-bond donors (Lipinski definition) is 1. The Morgan fingerprint density at radius 2 is 1.83 bits per heavy atom. The fourth-order valence-corrected chi connectivity index (χ4v) is 3.46. The number of rotatable bonds is 13. The van der Waals surface area contributed by atoms with Crippen LogP contribution >= 0.6 is 0 Å². The monoisotopic (exact) mass is 504 g/mol. The summed E-state index contributed by atoms with van der Waals surface area (Å²) in [7, 11) is 0. The molecule has 11 heteroatoms. The van der Waals surface area contributed by atoms with Crippen molar-refractivity contribution in [3.05, 3.63) is 47.8 Å². The van der Waals surface area contributed by atoms with E-state index in [0.29, 0.717) is 36.4 Å². The maximum Gasteiger partial charge on any atom is 0.272 e. The van der Waals surface area contributed by atoms with Gasteiger partial charge < -0.3 is 15.0 Å². The lowest BCUT2D eigenvalue weighted by atomic mass is 10.0. The number of benzene rings is 1. The zero-order valence-corrected chi connectivity index (χ0v) is 20.5. The number of nitrogens with zero attached hydrogens (tertiary/aromatic N) is 3. The number of ether oxygens (including phenoxy) is 1. The van der Waals surface area contributed by atoms with E-state index in [1.807, 2.05) is 6.92 Å². The number of carbonyl (C=O) groups is 4. The van der Waals surface area contributed by atoms with Crippen LogP contribution in [0, 0.1) is 0 Å². The predicted molar refractivity (Wildman–Crippen MR) is 130 cm³/mol. The average molecular weight is 505 g/mol. The van der Waals surface area contributed by atoms with Crippen LogP contribution in [0.2, 0.25) is 0 Å². The standard InChI is InChI=1S/C25H30F2N4O5/c1-4-30(16-32)9-11-36-10-8-28-25(35)24-22(31(17(2)33)18(3)34)14-21(15-29-24)20-7-5-6-19(12-20)13-23(26)27/h5-7,12,14-16,23H,4,8-11,13H2,1-3H3,(H,28,35). The summed E-state index contributed by atoms with van der Waals surface area (Å²) in [6.45, 7) is 5.81. The molecule has 1 aromatic carbocycles. The highest BCUT2D eigenvalue weighted by Gasteiger charge is 2.25. The molecule has 0 fully saturated rings. The lowest BCUT2D eigenvalue weighted by Gasteiger charge is -2.21. The molecule has 0 saturated heterocycles. The zero-order chi connectivity index (χ0) is 26.7. The van der Waals surface area contributed by atoms with Gasteiger partial charge in [0.25, 0.3) is 5.91 Å². The van der Waals surface area contributed by atoms with Gasteiger partial charge in [-0.2, -0.15) is 0 Å². The van der Waals surface area contributed by atoms with Crippen molar-refractivity contribution in [3.63, 3.8) is 0 Å². The third kappa shape index (κ3) is 8.19. The Labute approximate surface area is 208 Å². The quantitative estimate of drug-likeness (QED) is 0.332. The molecule has 0 radical (unpaired) electrons. The number of carbonyl (C=O) groups excluding carboxylic acids is 4. The van der Waals surface area contributed by atoms with E-state index < -0.39 is 30.6 Å². The molecule has 0 aliphatic rings. The largest absolute Gasteiger partial charge is 0.378 e. The molecular weight excluding hydrogens is 474 g/mol. The fraction of sp³-hybridized carbons (Fsp3) is 0.400. The zero-order valence-electron chi connectivity index (χ0n) is 20.5. The van der Waals surface area contributed by atoms with Gasteiger partial charge in [-0.15, -0.1) is 0 Å². The summed E-state index contributed by atoms with van der Waals surface area (Å²) in [5.74, 6) is -1.84. The number of hydrogen-bond acceptors (Lipinski definition) is 6. The van der Waals surface area contributed by atoms with Crippen LogP contribution in [-0.2, 0) is 25.5 Å². The molecule has 0 atom stereocenters. The average Bonchev–Trinajstić information content (AvgIpc) is 2.83. The maximum absolute atomic E-state index is 12.9. The van der Waals surface area contributed by atoms with Crippen LogP contribution in [0.4, 0.5) is 14.5 Å². The molecule has 0 saturated carbocycles. The topological polar surface area (TPSA) is 109 Å². The molecule has 1 N–H and O–H groups in total. The predicted octanol–water partition coefficient (Wildman–Crippen LogP) is 2.68. The van der Waals surface area contributed by atoms with E-state index in [-0.39, 0.29) is 24.5 Å². The number of halogens is 2. The van der Waals surface area contributed by atoms with Gasteiger partial charge in [0.2, 0.25) is 24.6 Å². The van der Waals surface area contributed by atoms with E-state index in [0.717, 1.165) is 11.3 Å². The van der Waals surface area contributed by atoms with Gasteiger partial charge in [-0.3, -0.25) is 19.2 Å². The smallest absolute Gasteiger partial charge is 0.272 e. The van der Waals surface area contributed by atoms with E-state index in [1.165, 1.54) is 31.0 Å². The molecule has 9 nitrogen and oxygen atoms in total. The van der Waals surface area contributed by atoms with Crippen molar-refractivity contribution < 1.29 is 32.7 Å². The van der Waals surface area contributed by atoms with Gasteiger partial charge in [0, 0.05) is 51.7 Å². The van der Waals surface area contributed by atoms with Gasteiger partial charge in [-0.25, -0.2) is 18.7 Å². The van der Waals surface area contributed by atoms with E-state index in [1.54, 1.807) is 24.3 Å². The first kappa shape index (κ1) is 28.5. The summed E-state index contributed by atoms with van der Waals surface area (Å²) in [6, 6.07) is 7.91. The van der Waals surface area contributed by atoms with E-state index in [2.05, 4.69) is 10.3 Å². The molecule has 0 spiro atoms. The van der Waals surface area contributed by atoms with Crippen LogP contribution in [-0.4, -0.2) is 73.3 Å². The molecule has 36 heavy (non-hydrogen) atoms. The minimum Gasteiger partial charge on any atom is -0.378 e. The SMILES string of the molecule is CCN(C=O)CCOCCNC(=O)c1ncc(-c2cccc(CC(F)F)c2)cc1N(C(C)=O)C(C)=O. The lowest BCUT2D eigenvalue weighted by molar-refractivity contribution is -0.124. The van der Waals surface area contributed by atoms with Crippen molar-refractivity contribution in [2.24, 2.45) is 0 Å². The van der Waals surface area contributed by atoms with Crippen LogP contribution in [0.25, 0.3) is 11.1 Å². The van der Waals surface area contributed by atoms with E-state index >= 15 is 0 Å². The minimum atomic E-state index is -2.51. The molecule has 1 aromatic heterocycles. The first-order valence-electron chi connectivity index (χ1n) is 11.4. The third-order valence-corrected chi connectivity index (χ3v) is 5.21. The molecule has 2 aromatic rings. The molecule has 1 heterocycles. The Balaban J connectivity index is 2.24. The number of imide groups is 1. The summed E-state index contributed by atoms with van der Waals surface area (Å²) in [5, 5.41) is 2.64. The van der Waals surface area contributed by atoms with Crippen molar-refractivity contribution >= 4 is 29.8 Å². The lowest BCUT2D eigenvalue weighted by Crippen LogP contribution is -2.37. The molecule has 2 rings (SSSR count). The normalized spacial score (nSPS) is 10.7. The molecule has 0 bridgehead atoms. The highest BCUT2D eigenvalue weighted by atomic mass is 19.3. The Morgan fingerprint density at radius 3 is 2.44 bits per heavy atom. The Kier molecular flexibility index (Phi) is 11.1. The number of aromatic nitrogens is 1. The van der Waals surface area contributed by atoms with Gasteiger partial charge in [0.1, 0.15) is 0 Å². The minimum absolute atomic E-state index is 0.0187. The molecular formula is C25H30F2N4O5. The second-order valence-corrected chi connectivity index (χ2v) is 7.86. The van der Waals surface area contributed by atoms with Crippen molar-refractivity contribution in [3.8, 4) is 11.1 Å². The first-order valence-corrected chi connectivity index (χ1v) is 11.4. The van der Waals surface area contributed by atoms with Crippen molar-refractivity contribution in [2.75, 3.05) is 37.7 Å². The van der Waals surface area contributed by atoms with Crippen molar-refractivity contribution in [1.29, 1.82) is 0 Å². The molecule has 0 aliphatic heterocycles. The van der Waals surface area contributed by atoms with Crippen LogP contribution in [0.5, 0.6) is 0 Å². The maximum atomic E-state index is 12.9. The highest BCUT2D eigenvalue weighted by molar-refractivity contribution is 6.16. The van der Waals surface area contributed by atoms with E-state index in [9.17, 15) is 28.0 Å². The third-order valence-electron chi connectivity index (χ3n) is 5.21. The second kappa shape index (κ2) is 14.0. The van der Waals surface area contributed by atoms with Crippen LogP contribution in [0.15, 0.2) is 36.5 Å². The number of pyridine rings is 1. The number of anilines is 1. The van der Waals surface area contributed by atoms with Gasteiger partial charge >= 0.3 is 0 Å². The Hall–Kier alpha value is -3.73. The molecule has 0 aliphatic carbocycles. The van der Waals surface area contributed by atoms with E-state index in [4.69, 9.17) is 4.74 Å². The van der Waals surface area contributed by atoms with Gasteiger partial charge in [-0.1, -0.05) is 24.3 Å². The highest BCUT2D eigenvalue weighted by Crippen LogP contribution is 2.28. The van der Waals surface area contributed by atoms with Gasteiger partial charge in [0.15, 0.2) is 5.69 Å². The second-order valence-electron chi connectivity index (χ2n) is 7.86. The van der Waals surface area contributed by atoms with Crippen LogP contribution in [0.3, 0.4) is 0 Å². The van der Waals surface area contributed by atoms with Gasteiger partial charge in [-0.05, 0) is 24.1 Å².